The van der Waals surface area contributed by atoms with Crippen LogP contribution in [0, 0.1) is 0 Å². The van der Waals surface area contributed by atoms with Gasteiger partial charge in [-0.05, 0) is 0 Å². The van der Waals surface area contributed by atoms with Crippen molar-refractivity contribution < 1.29 is 0 Å². The Kier molecular flexibility index (Phi) is 6.11. The molecule has 0 fully saturated rings. The van der Waals surface area contributed by atoms with E-state index in [9.17, 15) is 0 Å². The number of rotatable bonds is 7. The van der Waals surface area contributed by atoms with Gasteiger partial charge in [0, 0.05) is 0 Å². The molecular weight excluding hydrogens is 243 g/mol. The third-order valence-electron chi connectivity index (χ3n) is 3.14. The molecule has 0 aromatic rings. The quantitative estimate of drug-likeness (QED) is 0.564. The van der Waals surface area contributed by atoms with Crippen molar-refractivity contribution in [2.24, 2.45) is 0 Å². The predicted molar refractivity (Wildman–Crippen MR) is 71.9 cm³/mol. The van der Waals surface area contributed by atoms with Crippen LogP contribution in [0.25, 0.3) is 0 Å². The molecule has 0 amide bonds. The van der Waals surface area contributed by atoms with Crippen molar-refractivity contribution in [2.45, 2.75) is 47.0 Å². The predicted octanol–water partition coefficient (Wildman–Crippen LogP) is 5.10. The first-order chi connectivity index (χ1) is 6.04. The zero-order valence-corrected chi connectivity index (χ0v) is 12.3. The van der Waals surface area contributed by atoms with Gasteiger partial charge in [-0.2, -0.15) is 0 Å². The fourth-order valence-corrected chi connectivity index (χ4v) is 10.7. The van der Waals surface area contributed by atoms with Crippen LogP contribution in [0.4, 0.5) is 0 Å². The van der Waals surface area contributed by atoms with Crippen LogP contribution < -0.4 is 0 Å². The van der Waals surface area contributed by atoms with Crippen molar-refractivity contribution in [3.63, 3.8) is 0 Å². The zero-order chi connectivity index (χ0) is 10.4. The summed E-state index contributed by atoms with van der Waals surface area (Å²) in [7, 11) is 0. The first-order valence-electron chi connectivity index (χ1n) is 5.76. The van der Waals surface area contributed by atoms with E-state index in [0.717, 1.165) is 0 Å². The van der Waals surface area contributed by atoms with E-state index in [-0.39, 0.29) is 0 Å². The summed E-state index contributed by atoms with van der Waals surface area (Å²) < 4.78 is 0. The Bertz CT molecular complexity index is 125. The first kappa shape index (κ1) is 13.9. The summed E-state index contributed by atoms with van der Waals surface area (Å²) >= 11 is 4.20. The topological polar surface area (TPSA) is 0 Å². The van der Waals surface area contributed by atoms with Crippen LogP contribution in [0.5, 0.6) is 0 Å². The van der Waals surface area contributed by atoms with Crippen molar-refractivity contribution in [2.75, 3.05) is 24.6 Å². The molecule has 0 aromatic carbocycles. The van der Waals surface area contributed by atoms with E-state index in [1.807, 2.05) is 0 Å². The van der Waals surface area contributed by atoms with Crippen molar-refractivity contribution >= 4 is 20.8 Å². The molecule has 13 heavy (non-hydrogen) atoms. The van der Waals surface area contributed by atoms with Crippen molar-refractivity contribution in [1.82, 2.24) is 0 Å². The van der Waals surface area contributed by atoms with Crippen molar-refractivity contribution in [3.05, 3.63) is 0 Å². The number of hydrogen-bond donors (Lipinski definition) is 0. The van der Waals surface area contributed by atoms with Crippen LogP contribution in [-0.2, 0) is 0 Å². The molecule has 0 heterocycles. The molecule has 0 aliphatic heterocycles. The van der Waals surface area contributed by atoms with E-state index < -0.39 is 5.31 Å². The summed E-state index contributed by atoms with van der Waals surface area (Å²) in [6.07, 6.45) is 9.77. The Hall–Kier alpha value is 0.910. The van der Waals surface area contributed by atoms with Gasteiger partial charge in [0.2, 0.25) is 0 Å². The minimum absolute atomic E-state index is 1.34. The monoisotopic (exact) mass is 268 g/mol. The normalized spacial score (nSPS) is 15.3. The van der Waals surface area contributed by atoms with Crippen LogP contribution in [-0.4, -0.2) is 24.6 Å². The Morgan fingerprint density at radius 1 is 0.769 bits per heavy atom. The molecule has 0 unspecified atom stereocenters. The maximum atomic E-state index is 4.20. The first-order valence-corrected chi connectivity index (χ1v) is 10.8. The summed E-state index contributed by atoms with van der Waals surface area (Å²) in [6, 6.07) is 0. The molecule has 0 saturated heterocycles. The maximum absolute atomic E-state index is 4.20. The molecule has 2 heteroatoms. The van der Waals surface area contributed by atoms with Gasteiger partial charge in [0.05, 0.1) is 0 Å². The zero-order valence-electron chi connectivity index (χ0n) is 9.77. The SMILES string of the molecule is CCCP(Br)(CC)(CCC)CCC. The molecule has 0 bridgehead atoms. The molecule has 0 saturated carbocycles. The standard InChI is InChI=1S/C11H26BrP/c1-5-9-13(12,8-4,10-6-2)11-7-3/h5-11H2,1-4H3. The second-order valence-corrected chi connectivity index (χ2v) is 15.9. The van der Waals surface area contributed by atoms with Gasteiger partial charge in [-0.1, -0.05) is 0 Å². The van der Waals surface area contributed by atoms with Gasteiger partial charge >= 0.3 is 92.4 Å². The van der Waals surface area contributed by atoms with E-state index in [0.29, 0.717) is 0 Å². The Balaban J connectivity index is 4.58. The van der Waals surface area contributed by atoms with Gasteiger partial charge in [0.1, 0.15) is 0 Å². The number of hydrogen-bond acceptors (Lipinski definition) is 0. The molecule has 0 nitrogen and oxygen atoms in total. The molecule has 0 rings (SSSR count). The second-order valence-electron chi connectivity index (χ2n) is 4.31. The molecule has 0 atom stereocenters. The Labute approximate surface area is 92.5 Å². The average molecular weight is 269 g/mol. The Morgan fingerprint density at radius 2 is 1.08 bits per heavy atom. The fourth-order valence-electron chi connectivity index (χ4n) is 2.49. The molecule has 0 spiro atoms. The minimum atomic E-state index is -1.43. The van der Waals surface area contributed by atoms with Gasteiger partial charge in [-0.3, -0.25) is 0 Å². The third-order valence-corrected chi connectivity index (χ3v) is 14.1. The van der Waals surface area contributed by atoms with Gasteiger partial charge in [-0.25, -0.2) is 0 Å². The van der Waals surface area contributed by atoms with Crippen LogP contribution in [0.15, 0.2) is 0 Å². The number of halogens is 1. The third kappa shape index (κ3) is 3.88. The van der Waals surface area contributed by atoms with E-state index in [2.05, 4.69) is 43.2 Å². The Morgan fingerprint density at radius 3 is 1.23 bits per heavy atom. The van der Waals surface area contributed by atoms with E-state index in [4.69, 9.17) is 0 Å². The van der Waals surface area contributed by atoms with E-state index in [1.165, 1.54) is 43.9 Å². The van der Waals surface area contributed by atoms with Gasteiger partial charge < -0.3 is 0 Å². The summed E-state index contributed by atoms with van der Waals surface area (Å²) in [5, 5.41) is -1.43. The second kappa shape index (κ2) is 5.71. The van der Waals surface area contributed by atoms with E-state index in [1.54, 1.807) is 0 Å². The molecule has 0 aromatic heterocycles. The average Bonchev–Trinajstić information content (AvgIpc) is 2.06. The molecular formula is C11H26BrP. The van der Waals surface area contributed by atoms with Gasteiger partial charge in [-0.15, -0.1) is 0 Å². The van der Waals surface area contributed by atoms with Crippen molar-refractivity contribution in [3.8, 4) is 0 Å². The van der Waals surface area contributed by atoms with Crippen molar-refractivity contribution in [1.29, 1.82) is 0 Å². The fraction of sp³-hybridized carbons (Fsp3) is 1.00. The summed E-state index contributed by atoms with van der Waals surface area (Å²) in [6.45, 7) is 9.35. The summed E-state index contributed by atoms with van der Waals surface area (Å²) in [5.74, 6) is 0. The van der Waals surface area contributed by atoms with Crippen LogP contribution in [0.1, 0.15) is 47.0 Å². The molecule has 82 valence electrons. The van der Waals surface area contributed by atoms with E-state index >= 15 is 0 Å². The molecule has 0 N–H and O–H groups in total. The summed E-state index contributed by atoms with van der Waals surface area (Å²) in [5.41, 5.74) is 0. The van der Waals surface area contributed by atoms with Crippen LogP contribution >= 0.6 is 20.8 Å². The molecule has 0 radical (unpaired) electrons. The summed E-state index contributed by atoms with van der Waals surface area (Å²) in [4.78, 5) is 0. The van der Waals surface area contributed by atoms with Crippen LogP contribution in [0.2, 0.25) is 0 Å². The van der Waals surface area contributed by atoms with Gasteiger partial charge in [0.25, 0.3) is 0 Å². The van der Waals surface area contributed by atoms with Gasteiger partial charge in [0.15, 0.2) is 0 Å². The molecule has 0 aliphatic carbocycles. The van der Waals surface area contributed by atoms with Crippen LogP contribution in [0.3, 0.4) is 0 Å². The molecule has 0 aliphatic rings.